The van der Waals surface area contributed by atoms with Gasteiger partial charge in [0, 0.05) is 24.1 Å². The summed E-state index contributed by atoms with van der Waals surface area (Å²) >= 11 is 0. The number of piperidine rings is 1. The Labute approximate surface area is 163 Å². The van der Waals surface area contributed by atoms with Gasteiger partial charge in [-0.05, 0) is 62.7 Å². The van der Waals surface area contributed by atoms with E-state index in [1.165, 1.54) is 25.1 Å². The van der Waals surface area contributed by atoms with Gasteiger partial charge >= 0.3 is 0 Å². The van der Waals surface area contributed by atoms with Gasteiger partial charge in [-0.1, -0.05) is 6.07 Å². The second kappa shape index (κ2) is 8.02. The Morgan fingerprint density at radius 2 is 2.07 bits per heavy atom. The normalized spacial score (nSPS) is 18.6. The molecule has 1 aromatic heterocycles. The first-order valence-electron chi connectivity index (χ1n) is 9.62. The molecule has 2 atom stereocenters. The summed E-state index contributed by atoms with van der Waals surface area (Å²) in [6.45, 7) is 4.19. The standard InChI is InChI=1S/C22H24FN3O2/c1-14(15-4-3-11-24-12-15)28-17-9-7-16(8-10-17)25-13-18-21-19(23)5-2-6-20(21)26-22(18)27/h2,5-10,13-15,24,26-27H,3-4,11-12H2,1H3. The van der Waals surface area contributed by atoms with E-state index in [-0.39, 0.29) is 12.0 Å². The average Bonchev–Trinajstić information content (AvgIpc) is 3.04. The molecule has 4 rings (SSSR count). The van der Waals surface area contributed by atoms with E-state index in [4.69, 9.17) is 4.74 Å². The number of nitrogens with zero attached hydrogens (tertiary/aromatic N) is 1. The fourth-order valence-electron chi connectivity index (χ4n) is 3.68. The lowest BCUT2D eigenvalue weighted by Crippen LogP contribution is -2.37. The van der Waals surface area contributed by atoms with Crippen molar-refractivity contribution in [2.45, 2.75) is 25.9 Å². The van der Waals surface area contributed by atoms with Gasteiger partial charge in [0.15, 0.2) is 5.88 Å². The fraction of sp³-hybridized carbons (Fsp3) is 0.318. The van der Waals surface area contributed by atoms with Crippen LogP contribution in [-0.2, 0) is 0 Å². The van der Waals surface area contributed by atoms with E-state index < -0.39 is 5.82 Å². The monoisotopic (exact) mass is 381 g/mol. The van der Waals surface area contributed by atoms with Crippen LogP contribution in [0.2, 0.25) is 0 Å². The van der Waals surface area contributed by atoms with Gasteiger partial charge in [0.25, 0.3) is 0 Å². The molecular formula is C22H24FN3O2. The predicted octanol–water partition coefficient (Wildman–Crippen LogP) is 4.53. The van der Waals surface area contributed by atoms with E-state index in [9.17, 15) is 9.50 Å². The Morgan fingerprint density at radius 1 is 1.25 bits per heavy atom. The van der Waals surface area contributed by atoms with E-state index in [1.807, 2.05) is 24.3 Å². The lowest BCUT2D eigenvalue weighted by atomic mass is 9.95. The maximum Gasteiger partial charge on any atom is 0.198 e. The number of aromatic nitrogens is 1. The SMILES string of the molecule is CC(Oc1ccc(N=Cc2c(O)[nH]c3cccc(F)c23)cc1)C1CCCNC1. The van der Waals surface area contributed by atoms with E-state index >= 15 is 0 Å². The van der Waals surface area contributed by atoms with Crippen molar-refractivity contribution in [2.24, 2.45) is 10.9 Å². The number of hydrogen-bond donors (Lipinski definition) is 3. The smallest absolute Gasteiger partial charge is 0.198 e. The average molecular weight is 381 g/mol. The first kappa shape index (κ1) is 18.5. The van der Waals surface area contributed by atoms with Crippen LogP contribution in [0.25, 0.3) is 10.9 Å². The van der Waals surface area contributed by atoms with Crippen molar-refractivity contribution < 1.29 is 14.2 Å². The maximum atomic E-state index is 14.1. The first-order valence-corrected chi connectivity index (χ1v) is 9.62. The van der Waals surface area contributed by atoms with Gasteiger partial charge in [0.1, 0.15) is 11.6 Å². The van der Waals surface area contributed by atoms with Crippen molar-refractivity contribution in [3.8, 4) is 11.6 Å². The lowest BCUT2D eigenvalue weighted by Gasteiger charge is -2.28. The zero-order chi connectivity index (χ0) is 19.5. The van der Waals surface area contributed by atoms with Gasteiger partial charge in [-0.25, -0.2) is 4.39 Å². The highest BCUT2D eigenvalue weighted by Gasteiger charge is 2.21. The first-order chi connectivity index (χ1) is 13.6. The third kappa shape index (κ3) is 3.87. The molecule has 6 heteroatoms. The number of fused-ring (bicyclic) bond motifs is 1. The number of rotatable bonds is 5. The van der Waals surface area contributed by atoms with E-state index in [0.717, 1.165) is 18.8 Å². The highest BCUT2D eigenvalue weighted by Crippen LogP contribution is 2.29. The highest BCUT2D eigenvalue weighted by molar-refractivity contribution is 6.02. The fourth-order valence-corrected chi connectivity index (χ4v) is 3.68. The van der Waals surface area contributed by atoms with Crippen LogP contribution in [0.1, 0.15) is 25.3 Å². The third-order valence-electron chi connectivity index (χ3n) is 5.29. The van der Waals surface area contributed by atoms with Crippen molar-refractivity contribution in [1.82, 2.24) is 10.3 Å². The predicted molar refractivity (Wildman–Crippen MR) is 109 cm³/mol. The Bertz CT molecular complexity index is 975. The van der Waals surface area contributed by atoms with Gasteiger partial charge < -0.3 is 20.1 Å². The lowest BCUT2D eigenvalue weighted by molar-refractivity contribution is 0.131. The van der Waals surface area contributed by atoms with Gasteiger partial charge in [0.05, 0.1) is 22.9 Å². The number of aromatic hydroxyl groups is 1. The van der Waals surface area contributed by atoms with Gasteiger partial charge in [-0.2, -0.15) is 0 Å². The quantitative estimate of drug-likeness (QED) is 0.569. The molecule has 2 heterocycles. The van der Waals surface area contributed by atoms with Crippen molar-refractivity contribution in [3.63, 3.8) is 0 Å². The van der Waals surface area contributed by atoms with Crippen LogP contribution in [0.3, 0.4) is 0 Å². The van der Waals surface area contributed by atoms with Gasteiger partial charge in [-0.15, -0.1) is 0 Å². The number of halogens is 1. The highest BCUT2D eigenvalue weighted by atomic mass is 19.1. The summed E-state index contributed by atoms with van der Waals surface area (Å²) in [5.41, 5.74) is 1.57. The minimum atomic E-state index is -0.398. The summed E-state index contributed by atoms with van der Waals surface area (Å²) in [5.74, 6) is 0.827. The third-order valence-corrected chi connectivity index (χ3v) is 5.29. The zero-order valence-corrected chi connectivity index (χ0v) is 15.8. The molecule has 0 radical (unpaired) electrons. The number of aliphatic imine (C=N–C) groups is 1. The molecule has 2 unspecified atom stereocenters. The zero-order valence-electron chi connectivity index (χ0n) is 15.8. The largest absolute Gasteiger partial charge is 0.494 e. The van der Waals surface area contributed by atoms with Crippen molar-refractivity contribution in [2.75, 3.05) is 13.1 Å². The summed E-state index contributed by atoms with van der Waals surface area (Å²) < 4.78 is 20.2. The van der Waals surface area contributed by atoms with Crippen LogP contribution in [0.15, 0.2) is 47.5 Å². The molecular weight excluding hydrogens is 357 g/mol. The Balaban J connectivity index is 1.47. The summed E-state index contributed by atoms with van der Waals surface area (Å²) in [4.78, 5) is 7.14. The second-order valence-corrected chi connectivity index (χ2v) is 7.23. The molecule has 0 amide bonds. The number of hydrogen-bond acceptors (Lipinski definition) is 4. The minimum Gasteiger partial charge on any atom is -0.494 e. The molecule has 1 aliphatic rings. The summed E-state index contributed by atoms with van der Waals surface area (Å²) in [6.07, 6.45) is 3.99. The molecule has 2 aromatic carbocycles. The number of nitrogens with one attached hydrogen (secondary N) is 2. The molecule has 0 saturated carbocycles. The summed E-state index contributed by atoms with van der Waals surface area (Å²) in [5, 5.41) is 13.8. The molecule has 5 nitrogen and oxygen atoms in total. The van der Waals surface area contributed by atoms with Crippen LogP contribution in [0.4, 0.5) is 10.1 Å². The Kier molecular flexibility index (Phi) is 5.30. The summed E-state index contributed by atoms with van der Waals surface area (Å²) in [7, 11) is 0. The minimum absolute atomic E-state index is 0.0984. The molecule has 1 saturated heterocycles. The molecule has 1 aliphatic heterocycles. The maximum absolute atomic E-state index is 14.1. The Morgan fingerprint density at radius 3 is 2.82 bits per heavy atom. The van der Waals surface area contributed by atoms with Crippen LogP contribution >= 0.6 is 0 Å². The van der Waals surface area contributed by atoms with Crippen molar-refractivity contribution >= 4 is 22.8 Å². The van der Waals surface area contributed by atoms with E-state index in [1.54, 1.807) is 12.1 Å². The van der Waals surface area contributed by atoms with Crippen molar-refractivity contribution in [3.05, 3.63) is 53.8 Å². The second-order valence-electron chi connectivity index (χ2n) is 7.23. The molecule has 1 fully saturated rings. The van der Waals surface area contributed by atoms with E-state index in [0.29, 0.717) is 28.1 Å². The number of aromatic amines is 1. The van der Waals surface area contributed by atoms with Crippen LogP contribution in [0.5, 0.6) is 11.6 Å². The van der Waals surface area contributed by atoms with Crippen LogP contribution in [-0.4, -0.2) is 35.5 Å². The van der Waals surface area contributed by atoms with Gasteiger partial charge in [0.2, 0.25) is 0 Å². The molecule has 0 spiro atoms. The molecule has 146 valence electrons. The molecule has 0 bridgehead atoms. The molecule has 3 N–H and O–H groups in total. The molecule has 0 aliphatic carbocycles. The van der Waals surface area contributed by atoms with Crippen molar-refractivity contribution in [1.29, 1.82) is 0 Å². The van der Waals surface area contributed by atoms with Gasteiger partial charge in [-0.3, -0.25) is 4.99 Å². The number of H-pyrrole nitrogens is 1. The molecule has 3 aromatic rings. The summed E-state index contributed by atoms with van der Waals surface area (Å²) in [6, 6.07) is 12.1. The topological polar surface area (TPSA) is 69.6 Å². The molecule has 28 heavy (non-hydrogen) atoms. The van der Waals surface area contributed by atoms with Crippen LogP contribution in [0, 0.1) is 11.7 Å². The number of benzene rings is 2. The van der Waals surface area contributed by atoms with Crippen LogP contribution < -0.4 is 10.1 Å². The Hall–Kier alpha value is -2.86. The van der Waals surface area contributed by atoms with E-state index in [2.05, 4.69) is 22.2 Å². The number of ether oxygens (including phenoxy) is 1.